The van der Waals surface area contributed by atoms with Crippen molar-refractivity contribution < 1.29 is 14.0 Å². The lowest BCUT2D eigenvalue weighted by Crippen LogP contribution is -2.40. The second-order valence-corrected chi connectivity index (χ2v) is 5.47. The quantitative estimate of drug-likeness (QED) is 0.827. The molecule has 2 aromatic rings. The van der Waals surface area contributed by atoms with Gasteiger partial charge in [-0.2, -0.15) is 0 Å². The first-order chi connectivity index (χ1) is 11.0. The zero-order valence-electron chi connectivity index (χ0n) is 13.5. The first-order valence-corrected chi connectivity index (χ1v) is 7.33. The molecule has 2 N–H and O–H groups in total. The molecule has 1 unspecified atom stereocenters. The van der Waals surface area contributed by atoms with E-state index in [1.54, 1.807) is 24.5 Å². The minimum absolute atomic E-state index is 0.139. The average molecular weight is 315 g/mol. The van der Waals surface area contributed by atoms with E-state index in [0.29, 0.717) is 5.69 Å². The van der Waals surface area contributed by atoms with Crippen molar-refractivity contribution in [3.05, 3.63) is 54.0 Å². The molecular formula is C17H21N3O3. The lowest BCUT2D eigenvalue weighted by atomic mass is 10.2. The summed E-state index contributed by atoms with van der Waals surface area (Å²) in [6.45, 7) is 2.15. The number of amides is 2. The first kappa shape index (κ1) is 16.8. The molecular weight excluding hydrogens is 294 g/mol. The molecule has 0 spiro atoms. The van der Waals surface area contributed by atoms with Crippen LogP contribution < -0.4 is 10.6 Å². The van der Waals surface area contributed by atoms with Gasteiger partial charge >= 0.3 is 11.8 Å². The first-order valence-electron chi connectivity index (χ1n) is 7.33. The zero-order chi connectivity index (χ0) is 16.8. The third kappa shape index (κ3) is 4.43. The number of para-hydroxylation sites is 1. The van der Waals surface area contributed by atoms with Crippen LogP contribution in [0.1, 0.15) is 17.4 Å². The van der Waals surface area contributed by atoms with Crippen LogP contribution in [-0.2, 0) is 9.59 Å². The molecule has 0 aliphatic heterocycles. The summed E-state index contributed by atoms with van der Waals surface area (Å²) >= 11 is 0. The van der Waals surface area contributed by atoms with E-state index in [9.17, 15) is 9.59 Å². The van der Waals surface area contributed by atoms with Gasteiger partial charge in [-0.15, -0.1) is 0 Å². The Kier molecular flexibility index (Phi) is 5.54. The molecule has 122 valence electrons. The van der Waals surface area contributed by atoms with Crippen molar-refractivity contribution in [2.45, 2.75) is 13.0 Å². The van der Waals surface area contributed by atoms with Gasteiger partial charge in [0.25, 0.3) is 0 Å². The van der Waals surface area contributed by atoms with Gasteiger partial charge in [-0.3, -0.25) is 14.5 Å². The van der Waals surface area contributed by atoms with E-state index in [1.165, 1.54) is 0 Å². The molecule has 0 fully saturated rings. The van der Waals surface area contributed by atoms with Crippen LogP contribution in [0.15, 0.2) is 47.1 Å². The molecule has 1 aromatic heterocycles. The van der Waals surface area contributed by atoms with Crippen LogP contribution in [0, 0.1) is 6.92 Å². The fourth-order valence-corrected chi connectivity index (χ4v) is 2.18. The Hall–Kier alpha value is -2.60. The van der Waals surface area contributed by atoms with Gasteiger partial charge in [-0.25, -0.2) is 0 Å². The van der Waals surface area contributed by atoms with Crippen molar-refractivity contribution in [2.24, 2.45) is 0 Å². The number of furan rings is 1. The maximum atomic E-state index is 12.0. The minimum atomic E-state index is -0.684. The highest BCUT2D eigenvalue weighted by atomic mass is 16.3. The second-order valence-electron chi connectivity index (χ2n) is 5.47. The molecule has 1 aromatic carbocycles. The van der Waals surface area contributed by atoms with E-state index in [-0.39, 0.29) is 12.6 Å². The molecule has 2 rings (SSSR count). The topological polar surface area (TPSA) is 74.6 Å². The van der Waals surface area contributed by atoms with Crippen molar-refractivity contribution in [1.29, 1.82) is 0 Å². The second kappa shape index (κ2) is 7.60. The number of anilines is 1. The summed E-state index contributed by atoms with van der Waals surface area (Å²) in [6, 6.07) is 10.8. The van der Waals surface area contributed by atoms with Crippen molar-refractivity contribution in [2.75, 3.05) is 26.0 Å². The van der Waals surface area contributed by atoms with E-state index in [2.05, 4.69) is 10.6 Å². The molecule has 0 radical (unpaired) electrons. The van der Waals surface area contributed by atoms with E-state index >= 15 is 0 Å². The maximum Gasteiger partial charge on any atom is 0.313 e. The highest BCUT2D eigenvalue weighted by Gasteiger charge is 2.20. The lowest BCUT2D eigenvalue weighted by molar-refractivity contribution is -0.136. The van der Waals surface area contributed by atoms with Gasteiger partial charge < -0.3 is 15.1 Å². The summed E-state index contributed by atoms with van der Waals surface area (Å²) < 4.78 is 5.37. The predicted octanol–water partition coefficient (Wildman–Crippen LogP) is 1.95. The minimum Gasteiger partial charge on any atom is -0.468 e. The average Bonchev–Trinajstić information content (AvgIpc) is 3.03. The number of benzene rings is 1. The Morgan fingerprint density at radius 2 is 1.87 bits per heavy atom. The number of nitrogens with one attached hydrogen (secondary N) is 2. The van der Waals surface area contributed by atoms with Gasteiger partial charge in [0.15, 0.2) is 0 Å². The number of likely N-dealkylation sites (N-methyl/N-ethyl adjacent to an activating group) is 1. The van der Waals surface area contributed by atoms with Gasteiger partial charge in [0.2, 0.25) is 0 Å². The number of hydrogen-bond donors (Lipinski definition) is 2. The number of carbonyl (C=O) groups excluding carboxylic acids is 2. The Labute approximate surface area is 135 Å². The van der Waals surface area contributed by atoms with Gasteiger partial charge in [-0.05, 0) is 44.8 Å². The standard InChI is InChI=1S/C17H21N3O3/c1-12-7-4-5-8-13(12)19-17(22)16(21)18-11-14(20(2)3)15-9-6-10-23-15/h4-10,14H,11H2,1-3H3,(H,18,21)(H,19,22). The molecule has 1 atom stereocenters. The SMILES string of the molecule is Cc1ccccc1NC(=O)C(=O)NCC(c1ccco1)N(C)C. The summed E-state index contributed by atoms with van der Waals surface area (Å²) in [4.78, 5) is 25.9. The number of nitrogens with zero attached hydrogens (tertiary/aromatic N) is 1. The molecule has 2 amide bonds. The molecule has 23 heavy (non-hydrogen) atoms. The molecule has 0 aliphatic rings. The van der Waals surface area contributed by atoms with Crippen molar-refractivity contribution >= 4 is 17.5 Å². The molecule has 0 bridgehead atoms. The van der Waals surface area contributed by atoms with E-state index in [0.717, 1.165) is 11.3 Å². The van der Waals surface area contributed by atoms with Crippen LogP contribution in [0.2, 0.25) is 0 Å². The smallest absolute Gasteiger partial charge is 0.313 e. The highest BCUT2D eigenvalue weighted by molar-refractivity contribution is 6.39. The van der Waals surface area contributed by atoms with E-state index in [1.807, 2.05) is 44.1 Å². The maximum absolute atomic E-state index is 12.0. The largest absolute Gasteiger partial charge is 0.468 e. The monoisotopic (exact) mass is 315 g/mol. The van der Waals surface area contributed by atoms with Gasteiger partial charge in [0.05, 0.1) is 12.3 Å². The molecule has 0 saturated heterocycles. The normalized spacial score (nSPS) is 12.0. The fourth-order valence-electron chi connectivity index (χ4n) is 2.18. The van der Waals surface area contributed by atoms with Crippen LogP contribution in [0.5, 0.6) is 0 Å². The van der Waals surface area contributed by atoms with E-state index in [4.69, 9.17) is 4.42 Å². The van der Waals surface area contributed by atoms with Gasteiger partial charge in [-0.1, -0.05) is 18.2 Å². The molecule has 1 heterocycles. The molecule has 0 aliphatic carbocycles. The Morgan fingerprint density at radius 1 is 1.13 bits per heavy atom. The van der Waals surface area contributed by atoms with Crippen LogP contribution in [-0.4, -0.2) is 37.4 Å². The Balaban J connectivity index is 1.93. The third-order valence-corrected chi connectivity index (χ3v) is 3.55. The molecule has 6 nitrogen and oxygen atoms in total. The number of hydrogen-bond acceptors (Lipinski definition) is 4. The van der Waals surface area contributed by atoms with Crippen LogP contribution in [0.4, 0.5) is 5.69 Å². The predicted molar refractivity (Wildman–Crippen MR) is 88.0 cm³/mol. The molecule has 6 heteroatoms. The Bertz CT molecular complexity index is 665. The fraction of sp³-hybridized carbons (Fsp3) is 0.294. The molecule has 0 saturated carbocycles. The van der Waals surface area contributed by atoms with Crippen molar-refractivity contribution in [3.63, 3.8) is 0 Å². The van der Waals surface area contributed by atoms with Crippen LogP contribution in [0.3, 0.4) is 0 Å². The highest BCUT2D eigenvalue weighted by Crippen LogP contribution is 2.17. The number of carbonyl (C=O) groups is 2. The van der Waals surface area contributed by atoms with Gasteiger partial charge in [0.1, 0.15) is 5.76 Å². The van der Waals surface area contributed by atoms with Crippen LogP contribution in [0.25, 0.3) is 0 Å². The number of rotatable bonds is 5. The lowest BCUT2D eigenvalue weighted by Gasteiger charge is -2.22. The third-order valence-electron chi connectivity index (χ3n) is 3.55. The van der Waals surface area contributed by atoms with Crippen molar-refractivity contribution in [1.82, 2.24) is 10.2 Å². The summed E-state index contributed by atoms with van der Waals surface area (Å²) in [5.41, 5.74) is 1.53. The summed E-state index contributed by atoms with van der Waals surface area (Å²) in [5, 5.41) is 5.25. The summed E-state index contributed by atoms with van der Waals surface area (Å²) in [5.74, 6) is -0.627. The zero-order valence-corrected chi connectivity index (χ0v) is 13.5. The van der Waals surface area contributed by atoms with Gasteiger partial charge in [0, 0.05) is 12.2 Å². The van der Waals surface area contributed by atoms with Crippen LogP contribution >= 0.6 is 0 Å². The summed E-state index contributed by atoms with van der Waals surface area (Å²) in [7, 11) is 3.76. The summed E-state index contributed by atoms with van der Waals surface area (Å²) in [6.07, 6.45) is 1.58. The van der Waals surface area contributed by atoms with E-state index < -0.39 is 11.8 Å². The number of aryl methyl sites for hydroxylation is 1. The Morgan fingerprint density at radius 3 is 2.48 bits per heavy atom. The van der Waals surface area contributed by atoms with Crippen molar-refractivity contribution in [3.8, 4) is 0 Å².